The van der Waals surface area contributed by atoms with Gasteiger partial charge in [-0.15, -0.1) is 5.10 Å². The molecule has 0 bridgehead atoms. The molecule has 2 aliphatic rings. The summed E-state index contributed by atoms with van der Waals surface area (Å²) in [6.07, 6.45) is 1.92. The molecule has 3 aromatic carbocycles. The fourth-order valence-corrected chi connectivity index (χ4v) is 8.02. The molecule has 2 fully saturated rings. The number of aromatic nitrogens is 4. The van der Waals surface area contributed by atoms with Gasteiger partial charge in [0.25, 0.3) is 0 Å². The molecule has 7 rings (SSSR count). The summed E-state index contributed by atoms with van der Waals surface area (Å²) < 4.78 is 43.7. The van der Waals surface area contributed by atoms with Crippen LogP contribution in [0, 0.1) is 11.2 Å². The number of benzene rings is 3. The van der Waals surface area contributed by atoms with Crippen molar-refractivity contribution in [3.05, 3.63) is 77.6 Å². The Hall–Kier alpha value is -3.76. The van der Waals surface area contributed by atoms with Crippen LogP contribution < -0.4 is 9.21 Å². The van der Waals surface area contributed by atoms with E-state index in [4.69, 9.17) is 11.6 Å². The molecule has 39 heavy (non-hydrogen) atoms. The summed E-state index contributed by atoms with van der Waals surface area (Å²) in [5.41, 5.74) is 4.85. The van der Waals surface area contributed by atoms with Gasteiger partial charge in [0.2, 0.25) is 10.0 Å². The van der Waals surface area contributed by atoms with Gasteiger partial charge in [0, 0.05) is 40.7 Å². The van der Waals surface area contributed by atoms with E-state index in [1.54, 1.807) is 16.6 Å². The summed E-state index contributed by atoms with van der Waals surface area (Å²) in [6, 6.07) is 19.6. The first-order valence-electron chi connectivity index (χ1n) is 12.7. The fourth-order valence-electron chi connectivity index (χ4n) is 5.63. The molecule has 0 N–H and O–H groups in total. The normalized spacial score (nSPS) is 17.4. The van der Waals surface area contributed by atoms with Crippen molar-refractivity contribution in [2.75, 3.05) is 28.0 Å². The van der Waals surface area contributed by atoms with Crippen LogP contribution in [0.25, 0.3) is 27.7 Å². The van der Waals surface area contributed by atoms with Crippen LogP contribution in [-0.4, -0.2) is 47.3 Å². The zero-order valence-corrected chi connectivity index (χ0v) is 22.6. The third-order valence-electron chi connectivity index (χ3n) is 7.77. The average molecular weight is 563 g/mol. The van der Waals surface area contributed by atoms with Gasteiger partial charge in [0.1, 0.15) is 5.82 Å². The average Bonchev–Trinajstić information content (AvgIpc) is 3.36. The first kappa shape index (κ1) is 24.3. The largest absolute Gasteiger partial charge is 0.341 e. The van der Waals surface area contributed by atoms with Crippen molar-refractivity contribution >= 4 is 55.2 Å². The number of hydrogen-bond donors (Lipinski definition) is 0. The van der Waals surface area contributed by atoms with Gasteiger partial charge in [-0.2, -0.15) is 4.52 Å². The van der Waals surface area contributed by atoms with Crippen LogP contribution in [0.3, 0.4) is 0 Å². The van der Waals surface area contributed by atoms with E-state index in [1.807, 2.05) is 54.3 Å². The molecule has 3 heterocycles. The molecule has 1 aliphatic carbocycles. The maximum Gasteiger partial charge on any atom is 0.235 e. The molecule has 11 heteroatoms. The van der Waals surface area contributed by atoms with E-state index < -0.39 is 10.0 Å². The van der Waals surface area contributed by atoms with Crippen LogP contribution >= 0.6 is 11.6 Å². The Morgan fingerprint density at radius 2 is 1.82 bits per heavy atom. The lowest BCUT2D eigenvalue weighted by Crippen LogP contribution is -2.25. The van der Waals surface area contributed by atoms with Crippen molar-refractivity contribution in [3.8, 4) is 11.1 Å². The van der Waals surface area contributed by atoms with Gasteiger partial charge >= 0.3 is 0 Å². The van der Waals surface area contributed by atoms with Crippen molar-refractivity contribution in [2.45, 2.75) is 19.8 Å². The third kappa shape index (κ3) is 4.09. The second-order valence-corrected chi connectivity index (χ2v) is 12.7. The minimum Gasteiger partial charge on any atom is -0.341 e. The van der Waals surface area contributed by atoms with Crippen LogP contribution in [-0.2, 0) is 10.0 Å². The van der Waals surface area contributed by atoms with E-state index in [9.17, 15) is 8.42 Å². The molecule has 1 saturated heterocycles. The van der Waals surface area contributed by atoms with Gasteiger partial charge in [0.15, 0.2) is 5.65 Å². The highest BCUT2D eigenvalue weighted by molar-refractivity contribution is 7.93. The predicted octanol–water partition coefficient (Wildman–Crippen LogP) is 5.83. The maximum atomic E-state index is 15.0. The number of hydrogen-bond acceptors (Lipinski definition) is 6. The SMILES string of the molecule is CCN(c1cc(F)cc(-c2ccc(N3CC4(CC4)CS3(=O)=O)cc2)c1)c1cc2nnnn2c2cc(Cl)ccc12. The maximum absolute atomic E-state index is 15.0. The summed E-state index contributed by atoms with van der Waals surface area (Å²) in [5.74, 6) is -0.153. The zero-order valence-electron chi connectivity index (χ0n) is 21.1. The Morgan fingerprint density at radius 3 is 2.54 bits per heavy atom. The second-order valence-electron chi connectivity index (χ2n) is 10.4. The lowest BCUT2D eigenvalue weighted by molar-refractivity contribution is 0.593. The molecule has 0 unspecified atom stereocenters. The van der Waals surface area contributed by atoms with Crippen LogP contribution in [0.15, 0.2) is 66.7 Å². The number of pyridine rings is 1. The van der Waals surface area contributed by atoms with E-state index in [0.29, 0.717) is 40.7 Å². The van der Waals surface area contributed by atoms with Gasteiger partial charge in [-0.05, 0) is 89.8 Å². The zero-order chi connectivity index (χ0) is 26.9. The second kappa shape index (κ2) is 8.62. The molecular weight excluding hydrogens is 539 g/mol. The number of rotatable bonds is 5. The molecular formula is C28H24ClFN6O2S. The first-order chi connectivity index (χ1) is 18.7. The monoisotopic (exact) mass is 562 g/mol. The van der Waals surface area contributed by atoms with Crippen molar-refractivity contribution in [3.63, 3.8) is 0 Å². The minimum absolute atomic E-state index is 0.0698. The van der Waals surface area contributed by atoms with Gasteiger partial charge in [-0.3, -0.25) is 4.31 Å². The van der Waals surface area contributed by atoms with E-state index in [2.05, 4.69) is 15.5 Å². The first-order valence-corrected chi connectivity index (χ1v) is 14.7. The lowest BCUT2D eigenvalue weighted by atomic mass is 10.0. The fraction of sp³-hybridized carbons (Fsp3) is 0.250. The molecule has 1 saturated carbocycles. The summed E-state index contributed by atoms with van der Waals surface area (Å²) >= 11 is 6.28. The molecule has 8 nitrogen and oxygen atoms in total. The van der Waals surface area contributed by atoms with Crippen LogP contribution in [0.5, 0.6) is 0 Å². The Labute approximate surface area is 229 Å². The highest BCUT2D eigenvalue weighted by Gasteiger charge is 2.55. The molecule has 198 valence electrons. The number of anilines is 3. The van der Waals surface area contributed by atoms with Gasteiger partial charge < -0.3 is 4.90 Å². The molecule has 0 radical (unpaired) electrons. The van der Waals surface area contributed by atoms with Gasteiger partial charge in [0.05, 0.1) is 22.6 Å². The number of halogens is 2. The lowest BCUT2D eigenvalue weighted by Gasteiger charge is -2.26. The molecule has 1 spiro atoms. The topological polar surface area (TPSA) is 83.7 Å². The number of sulfonamides is 1. The Morgan fingerprint density at radius 1 is 1.03 bits per heavy atom. The Balaban J connectivity index is 1.28. The van der Waals surface area contributed by atoms with Crippen molar-refractivity contribution in [2.24, 2.45) is 5.41 Å². The highest BCUT2D eigenvalue weighted by Crippen LogP contribution is 2.52. The van der Waals surface area contributed by atoms with Crippen LogP contribution in [0.2, 0.25) is 5.02 Å². The Bertz CT molecular complexity index is 1870. The summed E-state index contributed by atoms with van der Waals surface area (Å²) in [5, 5.41) is 13.5. The molecule has 5 aromatic rings. The van der Waals surface area contributed by atoms with Crippen LogP contribution in [0.4, 0.5) is 21.5 Å². The van der Waals surface area contributed by atoms with Gasteiger partial charge in [-0.1, -0.05) is 23.7 Å². The van der Waals surface area contributed by atoms with Crippen molar-refractivity contribution < 1.29 is 12.8 Å². The van der Waals surface area contributed by atoms with Crippen molar-refractivity contribution in [1.29, 1.82) is 0 Å². The quantitative estimate of drug-likeness (QED) is 0.268. The molecule has 0 amide bonds. The number of nitrogens with zero attached hydrogens (tertiary/aromatic N) is 6. The van der Waals surface area contributed by atoms with E-state index in [1.165, 1.54) is 16.4 Å². The highest BCUT2D eigenvalue weighted by atomic mass is 35.5. The summed E-state index contributed by atoms with van der Waals surface area (Å²) in [7, 11) is -3.31. The summed E-state index contributed by atoms with van der Waals surface area (Å²) in [4.78, 5) is 2.01. The smallest absolute Gasteiger partial charge is 0.235 e. The predicted molar refractivity (Wildman–Crippen MR) is 151 cm³/mol. The Kier molecular flexibility index (Phi) is 5.37. The third-order valence-corrected chi connectivity index (χ3v) is 10.00. The summed E-state index contributed by atoms with van der Waals surface area (Å²) in [6.45, 7) is 3.09. The van der Waals surface area contributed by atoms with E-state index >= 15 is 4.39 Å². The molecule has 0 atom stereocenters. The van der Waals surface area contributed by atoms with E-state index in [-0.39, 0.29) is 17.0 Å². The number of fused-ring (bicyclic) bond motifs is 3. The number of tetrazole rings is 1. The van der Waals surface area contributed by atoms with Crippen molar-refractivity contribution in [1.82, 2.24) is 20.0 Å². The molecule has 1 aliphatic heterocycles. The standard InChI is InChI=1S/C28H24ClFN6O2S/c1-2-34(25-15-27-31-32-33-36(27)26-13-20(29)5-8-24(25)26)23-12-19(11-21(30)14-23)18-3-6-22(7-4-18)35-16-28(9-10-28)17-39(35,37)38/h3-8,11-15H,2,9-10,16-17H2,1H3. The minimum atomic E-state index is -3.31. The van der Waals surface area contributed by atoms with Gasteiger partial charge in [-0.25, -0.2) is 12.8 Å². The van der Waals surface area contributed by atoms with Crippen LogP contribution in [0.1, 0.15) is 19.8 Å². The molecule has 2 aromatic heterocycles. The van der Waals surface area contributed by atoms with E-state index in [0.717, 1.165) is 35.0 Å².